The molecule has 1 atom stereocenters. The highest BCUT2D eigenvalue weighted by Gasteiger charge is 2.11. The minimum Gasteiger partial charge on any atom is -0.330 e. The van der Waals surface area contributed by atoms with E-state index in [0.29, 0.717) is 5.92 Å². The maximum Gasteiger partial charge on any atom is 0.0936 e. The van der Waals surface area contributed by atoms with Gasteiger partial charge in [-0.3, -0.25) is 0 Å². The largest absolute Gasteiger partial charge is 0.330 e. The first-order valence-corrected chi connectivity index (χ1v) is 7.69. The summed E-state index contributed by atoms with van der Waals surface area (Å²) in [6.07, 6.45) is 2.14. The second-order valence-electron chi connectivity index (χ2n) is 4.27. The zero-order valence-electron chi connectivity index (χ0n) is 10.3. The molecule has 2 N–H and O–H groups in total. The van der Waals surface area contributed by atoms with Crippen molar-refractivity contribution in [2.24, 2.45) is 11.7 Å². The number of hydrogen-bond acceptors (Lipinski definition) is 4. The van der Waals surface area contributed by atoms with Gasteiger partial charge in [0.25, 0.3) is 0 Å². The molecule has 2 aromatic rings. The van der Waals surface area contributed by atoms with Crippen molar-refractivity contribution in [2.75, 3.05) is 6.54 Å². The SMILES string of the molecule is CCC(CN)Cc1nc(-c2sccc2C)cs1. The van der Waals surface area contributed by atoms with Gasteiger partial charge in [-0.2, -0.15) is 0 Å². The van der Waals surface area contributed by atoms with Crippen LogP contribution in [0.1, 0.15) is 23.9 Å². The molecule has 0 aromatic carbocycles. The van der Waals surface area contributed by atoms with Crippen LogP contribution in [0.3, 0.4) is 0 Å². The molecule has 0 radical (unpaired) electrons. The highest BCUT2D eigenvalue weighted by molar-refractivity contribution is 7.14. The van der Waals surface area contributed by atoms with Crippen LogP contribution in [0, 0.1) is 12.8 Å². The Morgan fingerprint density at radius 1 is 1.41 bits per heavy atom. The molecule has 2 heterocycles. The minimum absolute atomic E-state index is 0.568. The Bertz CT molecular complexity index is 469. The molecule has 2 aromatic heterocycles. The lowest BCUT2D eigenvalue weighted by Crippen LogP contribution is -2.15. The number of hydrogen-bond donors (Lipinski definition) is 1. The molecule has 0 amide bonds. The van der Waals surface area contributed by atoms with Crippen LogP contribution < -0.4 is 5.73 Å². The third-order valence-electron chi connectivity index (χ3n) is 3.02. The maximum atomic E-state index is 5.74. The molecule has 0 aliphatic heterocycles. The van der Waals surface area contributed by atoms with Crippen LogP contribution in [0.25, 0.3) is 10.6 Å². The molecular formula is C13H18N2S2. The molecule has 0 aliphatic carbocycles. The van der Waals surface area contributed by atoms with Crippen molar-refractivity contribution in [2.45, 2.75) is 26.7 Å². The van der Waals surface area contributed by atoms with Crippen LogP contribution in [0.4, 0.5) is 0 Å². The van der Waals surface area contributed by atoms with Crippen molar-refractivity contribution in [3.05, 3.63) is 27.4 Å². The van der Waals surface area contributed by atoms with E-state index in [-0.39, 0.29) is 0 Å². The topological polar surface area (TPSA) is 38.9 Å². The van der Waals surface area contributed by atoms with Crippen molar-refractivity contribution in [1.82, 2.24) is 4.98 Å². The van der Waals surface area contributed by atoms with Gasteiger partial charge in [-0.05, 0) is 36.4 Å². The van der Waals surface area contributed by atoms with Gasteiger partial charge >= 0.3 is 0 Å². The third kappa shape index (κ3) is 2.94. The lowest BCUT2D eigenvalue weighted by Gasteiger charge is -2.08. The fraction of sp³-hybridized carbons (Fsp3) is 0.462. The second kappa shape index (κ2) is 5.76. The summed E-state index contributed by atoms with van der Waals surface area (Å²) in [4.78, 5) is 6.02. The van der Waals surface area contributed by atoms with E-state index in [1.54, 1.807) is 22.7 Å². The Balaban J connectivity index is 2.14. The van der Waals surface area contributed by atoms with Crippen LogP contribution in [0.5, 0.6) is 0 Å². The van der Waals surface area contributed by atoms with Crippen LogP contribution in [0.2, 0.25) is 0 Å². The summed E-state index contributed by atoms with van der Waals surface area (Å²) < 4.78 is 0. The molecule has 17 heavy (non-hydrogen) atoms. The van der Waals surface area contributed by atoms with Gasteiger partial charge < -0.3 is 5.73 Å². The Hall–Kier alpha value is -0.710. The normalized spacial score (nSPS) is 12.9. The fourth-order valence-electron chi connectivity index (χ4n) is 1.79. The lowest BCUT2D eigenvalue weighted by atomic mass is 10.0. The molecule has 0 saturated heterocycles. The summed E-state index contributed by atoms with van der Waals surface area (Å²) in [5.74, 6) is 0.568. The highest BCUT2D eigenvalue weighted by atomic mass is 32.1. The average molecular weight is 266 g/mol. The van der Waals surface area contributed by atoms with Crippen molar-refractivity contribution >= 4 is 22.7 Å². The number of thiophene rings is 1. The Kier molecular flexibility index (Phi) is 4.31. The number of thiazole rings is 1. The predicted molar refractivity (Wildman–Crippen MR) is 76.7 cm³/mol. The fourth-order valence-corrected chi connectivity index (χ4v) is 3.65. The van der Waals surface area contributed by atoms with E-state index >= 15 is 0 Å². The number of aromatic nitrogens is 1. The minimum atomic E-state index is 0.568. The molecule has 0 saturated carbocycles. The molecule has 0 spiro atoms. The summed E-state index contributed by atoms with van der Waals surface area (Å²) in [5, 5.41) is 5.50. The van der Waals surface area contributed by atoms with E-state index in [9.17, 15) is 0 Å². The first-order valence-electron chi connectivity index (χ1n) is 5.93. The van der Waals surface area contributed by atoms with Gasteiger partial charge in [0, 0.05) is 11.8 Å². The van der Waals surface area contributed by atoms with Crippen molar-refractivity contribution in [3.8, 4) is 10.6 Å². The van der Waals surface area contributed by atoms with E-state index in [1.807, 2.05) is 0 Å². The average Bonchev–Trinajstić information content (AvgIpc) is 2.94. The summed E-state index contributed by atoms with van der Waals surface area (Å²) in [6, 6.07) is 2.15. The van der Waals surface area contributed by atoms with Crippen molar-refractivity contribution in [1.29, 1.82) is 0 Å². The second-order valence-corrected chi connectivity index (χ2v) is 6.13. The van der Waals surface area contributed by atoms with E-state index in [0.717, 1.165) is 25.1 Å². The number of aryl methyl sites for hydroxylation is 1. The monoisotopic (exact) mass is 266 g/mol. The third-order valence-corrected chi connectivity index (χ3v) is 4.93. The van der Waals surface area contributed by atoms with Gasteiger partial charge in [-0.15, -0.1) is 22.7 Å². The summed E-state index contributed by atoms with van der Waals surface area (Å²) >= 11 is 3.52. The van der Waals surface area contributed by atoms with Crippen molar-refractivity contribution < 1.29 is 0 Å². The Morgan fingerprint density at radius 3 is 2.82 bits per heavy atom. The molecule has 2 rings (SSSR count). The molecule has 92 valence electrons. The first kappa shape index (κ1) is 12.7. The lowest BCUT2D eigenvalue weighted by molar-refractivity contribution is 0.518. The summed E-state index contributed by atoms with van der Waals surface area (Å²) in [7, 11) is 0. The maximum absolute atomic E-state index is 5.74. The smallest absolute Gasteiger partial charge is 0.0936 e. The quantitative estimate of drug-likeness (QED) is 0.896. The molecule has 0 bridgehead atoms. The number of nitrogens with zero attached hydrogens (tertiary/aromatic N) is 1. The molecule has 0 fully saturated rings. The molecule has 2 nitrogen and oxygen atoms in total. The van der Waals surface area contributed by atoms with Gasteiger partial charge in [-0.1, -0.05) is 13.3 Å². The summed E-state index contributed by atoms with van der Waals surface area (Å²) in [6.45, 7) is 5.08. The Labute approximate surface area is 111 Å². The van der Waals surface area contributed by atoms with Crippen LogP contribution in [-0.2, 0) is 6.42 Å². The van der Waals surface area contributed by atoms with E-state index in [2.05, 4.69) is 30.7 Å². The zero-order chi connectivity index (χ0) is 12.3. The Morgan fingerprint density at radius 2 is 2.24 bits per heavy atom. The van der Waals surface area contributed by atoms with Gasteiger partial charge in [0.1, 0.15) is 0 Å². The molecule has 4 heteroatoms. The van der Waals surface area contributed by atoms with E-state index in [4.69, 9.17) is 10.7 Å². The first-order chi connectivity index (χ1) is 8.24. The van der Waals surface area contributed by atoms with Crippen LogP contribution >= 0.6 is 22.7 Å². The van der Waals surface area contributed by atoms with Gasteiger partial charge in [-0.25, -0.2) is 4.98 Å². The van der Waals surface area contributed by atoms with E-state index in [1.165, 1.54) is 15.4 Å². The molecule has 0 aliphatic rings. The van der Waals surface area contributed by atoms with Crippen LogP contribution in [0.15, 0.2) is 16.8 Å². The highest BCUT2D eigenvalue weighted by Crippen LogP contribution is 2.30. The van der Waals surface area contributed by atoms with Gasteiger partial charge in [0.05, 0.1) is 15.6 Å². The number of nitrogens with two attached hydrogens (primary N) is 1. The number of rotatable bonds is 5. The molecular weight excluding hydrogens is 248 g/mol. The van der Waals surface area contributed by atoms with Crippen LogP contribution in [-0.4, -0.2) is 11.5 Å². The summed E-state index contributed by atoms with van der Waals surface area (Å²) in [5.41, 5.74) is 8.18. The van der Waals surface area contributed by atoms with Gasteiger partial charge in [0.2, 0.25) is 0 Å². The molecule has 1 unspecified atom stereocenters. The van der Waals surface area contributed by atoms with E-state index < -0.39 is 0 Å². The zero-order valence-corrected chi connectivity index (χ0v) is 11.9. The standard InChI is InChI=1S/C13H18N2S2/c1-3-10(7-14)6-12-15-11(8-17-12)13-9(2)4-5-16-13/h4-5,8,10H,3,6-7,14H2,1-2H3. The van der Waals surface area contributed by atoms with Crippen molar-refractivity contribution in [3.63, 3.8) is 0 Å². The van der Waals surface area contributed by atoms with Gasteiger partial charge in [0.15, 0.2) is 0 Å². The predicted octanol–water partition coefficient (Wildman–Crippen LogP) is 3.71.